The number of hydrogen-bond donors (Lipinski definition) is 2. The second kappa shape index (κ2) is 3.64. The molecule has 1 saturated heterocycles. The lowest BCUT2D eigenvalue weighted by molar-refractivity contribution is 0.357. The van der Waals surface area contributed by atoms with Crippen LogP contribution in [0.5, 0.6) is 0 Å². The minimum absolute atomic E-state index is 0.661. The molecule has 66 valence electrons. The molecule has 2 rings (SSSR count). The smallest absolute Gasteiger partial charge is 0.0692 e. The molecule has 1 aliphatic rings. The largest absolute Gasteiger partial charge is 0.314 e. The summed E-state index contributed by atoms with van der Waals surface area (Å²) in [6.45, 7) is 4.06. The lowest BCUT2D eigenvalue weighted by Gasteiger charge is -2.27. The van der Waals surface area contributed by atoms with E-state index < -0.39 is 0 Å². The first-order valence-electron chi connectivity index (χ1n) is 4.23. The molecule has 0 unspecified atom stereocenters. The van der Waals surface area contributed by atoms with Crippen molar-refractivity contribution >= 4 is 0 Å². The first-order valence-corrected chi connectivity index (χ1v) is 4.23. The number of aromatic nitrogens is 3. The average molecular weight is 167 g/mol. The first kappa shape index (κ1) is 7.70. The van der Waals surface area contributed by atoms with E-state index in [9.17, 15) is 0 Å². The lowest BCUT2D eigenvalue weighted by Crippen LogP contribution is -2.55. The molecule has 5 heteroatoms. The van der Waals surface area contributed by atoms with Gasteiger partial charge in [0, 0.05) is 31.9 Å². The number of hydrogen-bond acceptors (Lipinski definition) is 4. The summed E-state index contributed by atoms with van der Waals surface area (Å²) >= 11 is 0. The summed E-state index contributed by atoms with van der Waals surface area (Å²) in [5, 5.41) is 14.2. The van der Waals surface area contributed by atoms with E-state index in [0.29, 0.717) is 6.04 Å². The molecular formula is C7H13N5. The summed E-state index contributed by atoms with van der Waals surface area (Å²) in [5.74, 6) is 0. The Morgan fingerprint density at radius 1 is 1.58 bits per heavy atom. The fourth-order valence-electron chi connectivity index (χ4n) is 1.17. The van der Waals surface area contributed by atoms with Gasteiger partial charge in [-0.25, -0.2) is 0 Å². The fourth-order valence-corrected chi connectivity index (χ4v) is 1.17. The maximum Gasteiger partial charge on any atom is 0.0692 e. The number of nitrogens with one attached hydrogen (secondary N) is 2. The molecule has 0 amide bonds. The van der Waals surface area contributed by atoms with E-state index in [-0.39, 0.29) is 0 Å². The zero-order valence-corrected chi connectivity index (χ0v) is 6.90. The van der Waals surface area contributed by atoms with Crippen LogP contribution in [-0.2, 0) is 6.54 Å². The second-order valence-corrected chi connectivity index (χ2v) is 2.98. The highest BCUT2D eigenvalue weighted by Crippen LogP contribution is 1.89. The third kappa shape index (κ3) is 1.80. The van der Waals surface area contributed by atoms with Crippen LogP contribution >= 0.6 is 0 Å². The minimum Gasteiger partial charge on any atom is -0.314 e. The maximum atomic E-state index is 3.87. The summed E-state index contributed by atoms with van der Waals surface area (Å²) in [5.41, 5.74) is 0. The van der Waals surface area contributed by atoms with E-state index in [1.165, 1.54) is 0 Å². The van der Waals surface area contributed by atoms with Crippen LogP contribution in [0.4, 0.5) is 0 Å². The highest BCUT2D eigenvalue weighted by Gasteiger charge is 2.14. The molecule has 2 heterocycles. The van der Waals surface area contributed by atoms with Crippen molar-refractivity contribution in [1.29, 1.82) is 0 Å². The minimum atomic E-state index is 0.661. The third-order valence-electron chi connectivity index (χ3n) is 2.03. The molecule has 1 fully saturated rings. The molecule has 1 aliphatic heterocycles. The molecule has 0 radical (unpaired) electrons. The highest BCUT2D eigenvalue weighted by atomic mass is 15.4. The van der Waals surface area contributed by atoms with Crippen LogP contribution in [0.1, 0.15) is 0 Å². The molecule has 1 aromatic rings. The van der Waals surface area contributed by atoms with Gasteiger partial charge < -0.3 is 10.6 Å². The van der Waals surface area contributed by atoms with Crippen LogP contribution in [0, 0.1) is 0 Å². The van der Waals surface area contributed by atoms with Gasteiger partial charge in [0.05, 0.1) is 12.7 Å². The molecule has 1 aromatic heterocycles. The number of rotatable bonds is 4. The molecule has 0 aromatic carbocycles. The Bertz CT molecular complexity index is 216. The van der Waals surface area contributed by atoms with Gasteiger partial charge in [0.1, 0.15) is 0 Å². The van der Waals surface area contributed by atoms with Crippen LogP contribution in [0.25, 0.3) is 0 Å². The van der Waals surface area contributed by atoms with Crippen molar-refractivity contribution in [2.45, 2.75) is 12.6 Å². The lowest BCUT2D eigenvalue weighted by atomic mass is 10.2. The van der Waals surface area contributed by atoms with E-state index >= 15 is 0 Å². The first-order chi connectivity index (χ1) is 5.95. The van der Waals surface area contributed by atoms with Gasteiger partial charge in [-0.05, 0) is 0 Å². The zero-order valence-electron chi connectivity index (χ0n) is 6.90. The Morgan fingerprint density at radius 2 is 2.50 bits per heavy atom. The Balaban J connectivity index is 1.62. The monoisotopic (exact) mass is 167 g/mol. The van der Waals surface area contributed by atoms with Crippen molar-refractivity contribution in [1.82, 2.24) is 25.6 Å². The van der Waals surface area contributed by atoms with Crippen LogP contribution < -0.4 is 10.6 Å². The molecule has 0 saturated carbocycles. The standard InChI is InChI=1S/C7H13N5/c1(9-7-5-8-6-7)3-12-4-2-10-11-12/h2,4,7-9H,1,3,5-6H2. The number of nitrogens with zero attached hydrogens (tertiary/aromatic N) is 3. The van der Waals surface area contributed by atoms with Crippen LogP contribution in [-0.4, -0.2) is 40.7 Å². The zero-order chi connectivity index (χ0) is 8.23. The second-order valence-electron chi connectivity index (χ2n) is 2.98. The van der Waals surface area contributed by atoms with Gasteiger partial charge in [0.25, 0.3) is 0 Å². The molecule has 0 bridgehead atoms. The summed E-state index contributed by atoms with van der Waals surface area (Å²) < 4.78 is 1.83. The quantitative estimate of drug-likeness (QED) is 0.594. The maximum absolute atomic E-state index is 3.87. The summed E-state index contributed by atoms with van der Waals surface area (Å²) in [6, 6.07) is 0.661. The van der Waals surface area contributed by atoms with Gasteiger partial charge in [-0.15, -0.1) is 5.10 Å². The van der Waals surface area contributed by atoms with Crippen molar-refractivity contribution in [3.63, 3.8) is 0 Å². The highest BCUT2D eigenvalue weighted by molar-refractivity contribution is 4.81. The topological polar surface area (TPSA) is 54.8 Å². The van der Waals surface area contributed by atoms with Gasteiger partial charge in [-0.3, -0.25) is 4.68 Å². The van der Waals surface area contributed by atoms with Crippen molar-refractivity contribution in [3.05, 3.63) is 12.4 Å². The van der Waals surface area contributed by atoms with Gasteiger partial charge in [-0.1, -0.05) is 5.21 Å². The van der Waals surface area contributed by atoms with E-state index in [2.05, 4.69) is 20.9 Å². The molecule has 12 heavy (non-hydrogen) atoms. The summed E-state index contributed by atoms with van der Waals surface area (Å²) in [6.07, 6.45) is 3.58. The predicted molar refractivity (Wildman–Crippen MR) is 44.7 cm³/mol. The molecule has 0 aliphatic carbocycles. The van der Waals surface area contributed by atoms with Crippen LogP contribution in [0.15, 0.2) is 12.4 Å². The molecular weight excluding hydrogens is 154 g/mol. The van der Waals surface area contributed by atoms with E-state index in [1.54, 1.807) is 6.20 Å². The van der Waals surface area contributed by atoms with Gasteiger partial charge >= 0.3 is 0 Å². The van der Waals surface area contributed by atoms with Crippen molar-refractivity contribution in [2.75, 3.05) is 19.6 Å². The third-order valence-corrected chi connectivity index (χ3v) is 2.03. The van der Waals surface area contributed by atoms with E-state index in [0.717, 1.165) is 26.2 Å². The summed E-state index contributed by atoms with van der Waals surface area (Å²) in [7, 11) is 0. The molecule has 0 atom stereocenters. The Hall–Kier alpha value is -0.940. The van der Waals surface area contributed by atoms with Crippen molar-refractivity contribution in [3.8, 4) is 0 Å². The van der Waals surface area contributed by atoms with Crippen LogP contribution in [0.2, 0.25) is 0 Å². The van der Waals surface area contributed by atoms with E-state index in [1.807, 2.05) is 10.9 Å². The van der Waals surface area contributed by atoms with Gasteiger partial charge in [0.2, 0.25) is 0 Å². The van der Waals surface area contributed by atoms with Gasteiger partial charge in [-0.2, -0.15) is 0 Å². The van der Waals surface area contributed by atoms with Crippen LogP contribution in [0.3, 0.4) is 0 Å². The molecule has 5 nitrogen and oxygen atoms in total. The molecule has 2 N–H and O–H groups in total. The average Bonchev–Trinajstić information content (AvgIpc) is 2.46. The normalized spacial score (nSPS) is 17.7. The Labute approximate surface area is 71.1 Å². The van der Waals surface area contributed by atoms with Crippen molar-refractivity contribution < 1.29 is 0 Å². The Morgan fingerprint density at radius 3 is 3.08 bits per heavy atom. The summed E-state index contributed by atoms with van der Waals surface area (Å²) in [4.78, 5) is 0. The van der Waals surface area contributed by atoms with Crippen molar-refractivity contribution in [2.24, 2.45) is 0 Å². The van der Waals surface area contributed by atoms with E-state index in [4.69, 9.17) is 0 Å². The van der Waals surface area contributed by atoms with Gasteiger partial charge in [0.15, 0.2) is 0 Å². The fraction of sp³-hybridized carbons (Fsp3) is 0.714. The Kier molecular flexibility index (Phi) is 2.33. The molecule has 0 spiro atoms. The predicted octanol–water partition coefficient (Wildman–Crippen LogP) is -1.16. The SMILES string of the molecule is c1cn(CCNC2CNC2)nn1.